The van der Waals surface area contributed by atoms with Gasteiger partial charge in [-0.1, -0.05) is 44.4 Å². The second-order valence-electron chi connectivity index (χ2n) is 4.12. The van der Waals surface area contributed by atoms with Gasteiger partial charge in [-0.05, 0) is 18.1 Å². The molecule has 0 heterocycles. The number of hydrogen-bond donors (Lipinski definition) is 0. The first-order valence-electron chi connectivity index (χ1n) is 5.99. The summed E-state index contributed by atoms with van der Waals surface area (Å²) in [5.41, 5.74) is 0.517. The van der Waals surface area contributed by atoms with Crippen LogP contribution in [0.3, 0.4) is 0 Å². The number of carbonyl (C=O) groups excluding carboxylic acids is 1. The minimum Gasteiger partial charge on any atom is -0.299 e. The molecule has 1 nitrogen and oxygen atoms in total. The Hall–Kier alpha value is -1.18. The number of Topliss-reactive ketones (excluding diaryl/α,β-unsaturated/α-hetero) is 1. The summed E-state index contributed by atoms with van der Waals surface area (Å²) in [7, 11) is 0. The van der Waals surface area contributed by atoms with E-state index in [9.17, 15) is 9.18 Å². The summed E-state index contributed by atoms with van der Waals surface area (Å²) in [6.45, 7) is 2.14. The zero-order valence-electron chi connectivity index (χ0n) is 9.84. The average molecular weight is 222 g/mol. The van der Waals surface area contributed by atoms with Crippen LogP contribution in [0.2, 0.25) is 0 Å². The van der Waals surface area contributed by atoms with Gasteiger partial charge in [0, 0.05) is 12.8 Å². The first-order valence-corrected chi connectivity index (χ1v) is 5.99. The second-order valence-corrected chi connectivity index (χ2v) is 4.12. The SMILES string of the molecule is CCCCCCC(=O)Cc1ccccc1F. The Morgan fingerprint density at radius 2 is 1.94 bits per heavy atom. The molecular weight excluding hydrogens is 203 g/mol. The molecular formula is C14H19FO. The number of rotatable bonds is 7. The average Bonchev–Trinajstić information content (AvgIpc) is 2.28. The predicted molar refractivity (Wildman–Crippen MR) is 63.9 cm³/mol. The molecule has 0 saturated carbocycles. The lowest BCUT2D eigenvalue weighted by Crippen LogP contribution is -2.04. The Morgan fingerprint density at radius 1 is 1.19 bits per heavy atom. The van der Waals surface area contributed by atoms with Gasteiger partial charge in [0.1, 0.15) is 11.6 Å². The van der Waals surface area contributed by atoms with Crippen molar-refractivity contribution in [2.45, 2.75) is 45.4 Å². The molecule has 0 radical (unpaired) electrons. The molecule has 0 atom stereocenters. The molecule has 0 saturated heterocycles. The van der Waals surface area contributed by atoms with Gasteiger partial charge >= 0.3 is 0 Å². The minimum absolute atomic E-state index is 0.140. The summed E-state index contributed by atoms with van der Waals surface area (Å²) in [6, 6.07) is 6.49. The number of ketones is 1. The maximum Gasteiger partial charge on any atom is 0.137 e. The highest BCUT2D eigenvalue weighted by Crippen LogP contribution is 2.10. The highest BCUT2D eigenvalue weighted by atomic mass is 19.1. The van der Waals surface area contributed by atoms with Crippen LogP contribution < -0.4 is 0 Å². The van der Waals surface area contributed by atoms with E-state index in [-0.39, 0.29) is 18.0 Å². The topological polar surface area (TPSA) is 17.1 Å². The first kappa shape index (κ1) is 12.9. The van der Waals surface area contributed by atoms with Crippen molar-refractivity contribution in [3.63, 3.8) is 0 Å². The van der Waals surface area contributed by atoms with Crippen LogP contribution in [0.5, 0.6) is 0 Å². The Kier molecular flexibility index (Phi) is 5.76. The van der Waals surface area contributed by atoms with E-state index in [4.69, 9.17) is 0 Å². The Labute approximate surface area is 96.7 Å². The van der Waals surface area contributed by atoms with Crippen LogP contribution in [0, 0.1) is 5.82 Å². The molecule has 1 aromatic rings. The van der Waals surface area contributed by atoms with Crippen LogP contribution in [0.1, 0.15) is 44.6 Å². The van der Waals surface area contributed by atoms with Gasteiger partial charge in [-0.3, -0.25) is 4.79 Å². The van der Waals surface area contributed by atoms with E-state index in [0.717, 1.165) is 12.8 Å². The van der Waals surface area contributed by atoms with Gasteiger partial charge in [0.15, 0.2) is 0 Å². The molecule has 88 valence electrons. The number of halogens is 1. The third-order valence-corrected chi connectivity index (χ3v) is 2.65. The highest BCUT2D eigenvalue weighted by Gasteiger charge is 2.06. The van der Waals surface area contributed by atoms with E-state index in [2.05, 4.69) is 6.92 Å². The van der Waals surface area contributed by atoms with Crippen molar-refractivity contribution < 1.29 is 9.18 Å². The number of benzene rings is 1. The number of carbonyl (C=O) groups is 1. The molecule has 0 unspecified atom stereocenters. The maximum atomic E-state index is 13.2. The maximum absolute atomic E-state index is 13.2. The van der Waals surface area contributed by atoms with Gasteiger partial charge in [-0.2, -0.15) is 0 Å². The second kappa shape index (κ2) is 7.15. The van der Waals surface area contributed by atoms with Crippen LogP contribution in [0.4, 0.5) is 4.39 Å². The lowest BCUT2D eigenvalue weighted by molar-refractivity contribution is -0.118. The lowest BCUT2D eigenvalue weighted by atomic mass is 10.0. The fraction of sp³-hybridized carbons (Fsp3) is 0.500. The molecule has 0 N–H and O–H groups in total. The van der Waals surface area contributed by atoms with Gasteiger partial charge in [0.2, 0.25) is 0 Å². The fourth-order valence-corrected chi connectivity index (χ4v) is 1.69. The zero-order chi connectivity index (χ0) is 11.8. The third kappa shape index (κ3) is 4.56. The minimum atomic E-state index is -0.274. The molecule has 0 spiro atoms. The molecule has 16 heavy (non-hydrogen) atoms. The van der Waals surface area contributed by atoms with Gasteiger partial charge in [0.25, 0.3) is 0 Å². The van der Waals surface area contributed by atoms with Gasteiger partial charge in [-0.25, -0.2) is 4.39 Å². The third-order valence-electron chi connectivity index (χ3n) is 2.65. The number of unbranched alkanes of at least 4 members (excludes halogenated alkanes) is 3. The van der Waals surface area contributed by atoms with E-state index in [1.807, 2.05) is 0 Å². The quantitative estimate of drug-likeness (QED) is 0.639. The van der Waals surface area contributed by atoms with Crippen molar-refractivity contribution in [2.24, 2.45) is 0 Å². The molecule has 0 fully saturated rings. The summed E-state index contributed by atoms with van der Waals surface area (Å²) in [5, 5.41) is 0. The van der Waals surface area contributed by atoms with Crippen molar-refractivity contribution in [1.82, 2.24) is 0 Å². The van der Waals surface area contributed by atoms with Crippen molar-refractivity contribution >= 4 is 5.78 Å². The fourth-order valence-electron chi connectivity index (χ4n) is 1.69. The molecule has 0 aliphatic rings. The van der Waals surface area contributed by atoms with E-state index < -0.39 is 0 Å². The highest BCUT2D eigenvalue weighted by molar-refractivity contribution is 5.80. The molecule has 0 aliphatic heterocycles. The van der Waals surface area contributed by atoms with E-state index in [0.29, 0.717) is 12.0 Å². The molecule has 0 aliphatic carbocycles. The van der Waals surface area contributed by atoms with Gasteiger partial charge < -0.3 is 0 Å². The normalized spacial score (nSPS) is 10.4. The largest absolute Gasteiger partial charge is 0.299 e. The smallest absolute Gasteiger partial charge is 0.137 e. The van der Waals surface area contributed by atoms with Gasteiger partial charge in [-0.15, -0.1) is 0 Å². The van der Waals surface area contributed by atoms with Crippen molar-refractivity contribution in [1.29, 1.82) is 0 Å². The van der Waals surface area contributed by atoms with Crippen LogP contribution in [-0.4, -0.2) is 5.78 Å². The van der Waals surface area contributed by atoms with Crippen LogP contribution in [-0.2, 0) is 11.2 Å². The summed E-state index contributed by atoms with van der Waals surface area (Å²) in [4.78, 5) is 11.6. The Balaban J connectivity index is 2.32. The van der Waals surface area contributed by atoms with Crippen LogP contribution in [0.15, 0.2) is 24.3 Å². The van der Waals surface area contributed by atoms with E-state index in [1.165, 1.54) is 18.9 Å². The first-order chi connectivity index (χ1) is 7.74. The van der Waals surface area contributed by atoms with E-state index in [1.54, 1.807) is 18.2 Å². The Bertz CT molecular complexity index is 333. The summed E-state index contributed by atoms with van der Waals surface area (Å²) >= 11 is 0. The standard InChI is InChI=1S/C14H19FO/c1-2-3-4-5-9-13(16)11-12-8-6-7-10-14(12)15/h6-8,10H,2-5,9,11H2,1H3. The van der Waals surface area contributed by atoms with Crippen molar-refractivity contribution in [3.8, 4) is 0 Å². The van der Waals surface area contributed by atoms with Crippen LogP contribution >= 0.6 is 0 Å². The molecule has 1 aromatic carbocycles. The molecule has 1 rings (SSSR count). The molecule has 0 amide bonds. The predicted octanol–water partition coefficient (Wildman–Crippen LogP) is 3.91. The van der Waals surface area contributed by atoms with Gasteiger partial charge in [0.05, 0.1) is 0 Å². The van der Waals surface area contributed by atoms with Crippen LogP contribution in [0.25, 0.3) is 0 Å². The zero-order valence-corrected chi connectivity index (χ0v) is 9.84. The Morgan fingerprint density at radius 3 is 2.62 bits per heavy atom. The summed E-state index contributed by atoms with van der Waals surface area (Å²) in [5.74, 6) is -0.134. The molecule has 0 bridgehead atoms. The lowest BCUT2D eigenvalue weighted by Gasteiger charge is -2.02. The summed E-state index contributed by atoms with van der Waals surface area (Å²) in [6.07, 6.45) is 5.18. The monoisotopic (exact) mass is 222 g/mol. The molecule has 0 aromatic heterocycles. The van der Waals surface area contributed by atoms with Crippen molar-refractivity contribution in [3.05, 3.63) is 35.6 Å². The number of hydrogen-bond acceptors (Lipinski definition) is 1. The van der Waals surface area contributed by atoms with Crippen molar-refractivity contribution in [2.75, 3.05) is 0 Å². The summed E-state index contributed by atoms with van der Waals surface area (Å²) < 4.78 is 13.2. The van der Waals surface area contributed by atoms with E-state index >= 15 is 0 Å². The molecule has 2 heteroatoms.